The maximum Gasteiger partial charge on any atom is 0.339 e. The third-order valence-corrected chi connectivity index (χ3v) is 4.85. The molecular weight excluding hydrogens is 344 g/mol. The molecule has 1 aromatic heterocycles. The summed E-state index contributed by atoms with van der Waals surface area (Å²) in [5.41, 5.74) is 3.33. The fourth-order valence-electron chi connectivity index (χ4n) is 2.95. The molecule has 0 amide bonds. The zero-order chi connectivity index (χ0) is 20.1. The molecule has 0 fully saturated rings. The molecule has 1 aromatic carbocycles. The second-order valence-electron chi connectivity index (χ2n) is 6.80. The number of likely N-dealkylation sites (N-methyl/N-ethyl adjacent to an activating group) is 1. The average Bonchev–Trinajstić information content (AvgIpc) is 2.95. The smallest absolute Gasteiger partial charge is 0.339 e. The Morgan fingerprint density at radius 1 is 1.15 bits per heavy atom. The molecule has 0 saturated carbocycles. The second kappa shape index (κ2) is 8.86. The molecular formula is C21H28N2O4. The summed E-state index contributed by atoms with van der Waals surface area (Å²) in [4.78, 5) is 29.8. The SMILES string of the molecule is COC(=O)c1c(C)[nH]c(C(=O)[C@H](C)N(C)CCOc2ccc(C)cc2)c1C. The van der Waals surface area contributed by atoms with Crippen LogP contribution in [0.5, 0.6) is 5.75 Å². The molecule has 0 spiro atoms. The van der Waals surface area contributed by atoms with E-state index in [-0.39, 0.29) is 11.8 Å². The number of benzene rings is 1. The highest BCUT2D eigenvalue weighted by Crippen LogP contribution is 2.21. The van der Waals surface area contributed by atoms with E-state index in [0.717, 1.165) is 5.75 Å². The van der Waals surface area contributed by atoms with Gasteiger partial charge in [0.25, 0.3) is 0 Å². The molecule has 6 nitrogen and oxygen atoms in total. The van der Waals surface area contributed by atoms with E-state index in [1.165, 1.54) is 12.7 Å². The molecule has 0 aliphatic heterocycles. The van der Waals surface area contributed by atoms with E-state index in [0.29, 0.717) is 35.7 Å². The predicted octanol–water partition coefficient (Wildman–Crippen LogP) is 3.31. The summed E-state index contributed by atoms with van der Waals surface area (Å²) in [5, 5.41) is 0. The number of Topliss-reactive ketones (excluding diaryl/α,β-unsaturated/α-hetero) is 1. The van der Waals surface area contributed by atoms with Gasteiger partial charge in [-0.2, -0.15) is 0 Å². The third kappa shape index (κ3) is 4.77. The molecule has 6 heteroatoms. The Balaban J connectivity index is 1.99. The number of aromatic nitrogens is 1. The fraction of sp³-hybridized carbons (Fsp3) is 0.429. The second-order valence-corrected chi connectivity index (χ2v) is 6.80. The van der Waals surface area contributed by atoms with Crippen molar-refractivity contribution in [3.05, 3.63) is 52.3 Å². The van der Waals surface area contributed by atoms with Gasteiger partial charge in [0.05, 0.1) is 24.4 Å². The van der Waals surface area contributed by atoms with Crippen LogP contribution in [0, 0.1) is 20.8 Å². The number of ketones is 1. The summed E-state index contributed by atoms with van der Waals surface area (Å²) in [6, 6.07) is 7.52. The van der Waals surface area contributed by atoms with E-state index < -0.39 is 5.97 Å². The van der Waals surface area contributed by atoms with Gasteiger partial charge in [0.2, 0.25) is 0 Å². The number of aromatic amines is 1. The van der Waals surface area contributed by atoms with E-state index in [2.05, 4.69) is 4.98 Å². The van der Waals surface area contributed by atoms with Gasteiger partial charge in [-0.05, 0) is 52.4 Å². The lowest BCUT2D eigenvalue weighted by Gasteiger charge is -2.23. The number of ether oxygens (including phenoxy) is 2. The summed E-state index contributed by atoms with van der Waals surface area (Å²) in [6.07, 6.45) is 0. The molecule has 1 N–H and O–H groups in total. The van der Waals surface area contributed by atoms with Crippen molar-refractivity contribution in [2.75, 3.05) is 27.3 Å². The highest BCUT2D eigenvalue weighted by atomic mass is 16.5. The van der Waals surface area contributed by atoms with Crippen LogP contribution in [0.2, 0.25) is 0 Å². The highest BCUT2D eigenvalue weighted by molar-refractivity contribution is 6.03. The van der Waals surface area contributed by atoms with E-state index in [1.54, 1.807) is 13.8 Å². The van der Waals surface area contributed by atoms with Crippen LogP contribution >= 0.6 is 0 Å². The van der Waals surface area contributed by atoms with Crippen molar-refractivity contribution in [3.63, 3.8) is 0 Å². The lowest BCUT2D eigenvalue weighted by Crippen LogP contribution is -2.38. The molecule has 2 rings (SSSR count). The largest absolute Gasteiger partial charge is 0.492 e. The molecule has 0 radical (unpaired) electrons. The van der Waals surface area contributed by atoms with E-state index in [9.17, 15) is 9.59 Å². The first-order valence-electron chi connectivity index (χ1n) is 8.97. The van der Waals surface area contributed by atoms with Gasteiger partial charge in [0.15, 0.2) is 5.78 Å². The predicted molar refractivity (Wildman–Crippen MR) is 105 cm³/mol. The van der Waals surface area contributed by atoms with Gasteiger partial charge in [0.1, 0.15) is 12.4 Å². The van der Waals surface area contributed by atoms with Gasteiger partial charge in [-0.1, -0.05) is 17.7 Å². The number of methoxy groups -OCH3 is 1. The molecule has 27 heavy (non-hydrogen) atoms. The molecule has 2 aromatic rings. The van der Waals surface area contributed by atoms with Crippen molar-refractivity contribution in [1.82, 2.24) is 9.88 Å². The third-order valence-electron chi connectivity index (χ3n) is 4.85. The van der Waals surface area contributed by atoms with E-state index >= 15 is 0 Å². The number of rotatable bonds is 8. The van der Waals surface area contributed by atoms with Crippen molar-refractivity contribution < 1.29 is 19.1 Å². The number of aryl methyl sites for hydroxylation is 2. The van der Waals surface area contributed by atoms with Crippen LogP contribution in [0.3, 0.4) is 0 Å². The van der Waals surface area contributed by atoms with Crippen molar-refractivity contribution in [3.8, 4) is 5.75 Å². The monoisotopic (exact) mass is 372 g/mol. The molecule has 0 saturated heterocycles. The first kappa shape index (κ1) is 20.7. The standard InChI is InChI=1S/C21H28N2O4/c1-13-7-9-17(10-8-13)27-12-11-23(5)16(4)20(24)19-14(2)18(15(3)22-19)21(25)26-6/h7-10,16,22H,11-12H2,1-6H3/t16-/m0/s1. The Morgan fingerprint density at radius 2 is 1.78 bits per heavy atom. The number of nitrogens with zero attached hydrogens (tertiary/aromatic N) is 1. The minimum Gasteiger partial charge on any atom is -0.492 e. The maximum atomic E-state index is 12.9. The topological polar surface area (TPSA) is 71.6 Å². The van der Waals surface area contributed by atoms with Gasteiger partial charge in [-0.25, -0.2) is 4.79 Å². The molecule has 146 valence electrons. The van der Waals surface area contributed by atoms with Crippen LogP contribution in [0.4, 0.5) is 0 Å². The molecule has 0 bridgehead atoms. The van der Waals surface area contributed by atoms with Crippen LogP contribution in [0.1, 0.15) is 44.6 Å². The summed E-state index contributed by atoms with van der Waals surface area (Å²) < 4.78 is 10.5. The van der Waals surface area contributed by atoms with Gasteiger partial charge >= 0.3 is 5.97 Å². The lowest BCUT2D eigenvalue weighted by molar-refractivity contribution is 0.0599. The number of carbonyl (C=O) groups excluding carboxylic acids is 2. The van der Waals surface area contributed by atoms with Gasteiger partial charge in [-0.3, -0.25) is 9.69 Å². The molecule has 0 unspecified atom stereocenters. The normalized spacial score (nSPS) is 12.1. The summed E-state index contributed by atoms with van der Waals surface area (Å²) >= 11 is 0. The first-order valence-corrected chi connectivity index (χ1v) is 8.97. The van der Waals surface area contributed by atoms with Gasteiger partial charge in [0, 0.05) is 12.2 Å². The number of carbonyl (C=O) groups is 2. The Morgan fingerprint density at radius 3 is 2.37 bits per heavy atom. The molecule has 1 heterocycles. The van der Waals surface area contributed by atoms with Crippen LogP contribution in [-0.2, 0) is 4.74 Å². The zero-order valence-electron chi connectivity index (χ0n) is 16.9. The lowest BCUT2D eigenvalue weighted by atomic mass is 10.0. The van der Waals surface area contributed by atoms with Crippen LogP contribution in [0.25, 0.3) is 0 Å². The number of esters is 1. The van der Waals surface area contributed by atoms with Crippen molar-refractivity contribution in [2.24, 2.45) is 0 Å². The van der Waals surface area contributed by atoms with E-state index in [1.807, 2.05) is 50.1 Å². The van der Waals surface area contributed by atoms with Crippen LogP contribution < -0.4 is 4.74 Å². The number of nitrogens with one attached hydrogen (secondary N) is 1. The van der Waals surface area contributed by atoms with Crippen LogP contribution in [-0.4, -0.2) is 55.0 Å². The maximum absolute atomic E-state index is 12.9. The van der Waals surface area contributed by atoms with Crippen molar-refractivity contribution in [2.45, 2.75) is 33.7 Å². The Labute approximate surface area is 160 Å². The summed E-state index contributed by atoms with van der Waals surface area (Å²) in [5.74, 6) is 0.308. The Hall–Kier alpha value is -2.60. The zero-order valence-corrected chi connectivity index (χ0v) is 16.9. The number of hydrogen-bond acceptors (Lipinski definition) is 5. The summed E-state index contributed by atoms with van der Waals surface area (Å²) in [7, 11) is 3.22. The van der Waals surface area contributed by atoms with Crippen molar-refractivity contribution >= 4 is 11.8 Å². The first-order chi connectivity index (χ1) is 12.8. The average molecular weight is 372 g/mol. The highest BCUT2D eigenvalue weighted by Gasteiger charge is 2.27. The minimum absolute atomic E-state index is 0.0661. The Kier molecular flexibility index (Phi) is 6.80. The quantitative estimate of drug-likeness (QED) is 0.569. The molecule has 1 atom stereocenters. The van der Waals surface area contributed by atoms with Crippen LogP contribution in [0.15, 0.2) is 24.3 Å². The number of H-pyrrole nitrogens is 1. The fourth-order valence-corrected chi connectivity index (χ4v) is 2.95. The number of hydrogen-bond donors (Lipinski definition) is 1. The molecule has 0 aliphatic carbocycles. The minimum atomic E-state index is -0.437. The van der Waals surface area contributed by atoms with Crippen molar-refractivity contribution in [1.29, 1.82) is 0 Å². The van der Waals surface area contributed by atoms with E-state index in [4.69, 9.17) is 9.47 Å². The van der Waals surface area contributed by atoms with Gasteiger partial charge < -0.3 is 14.5 Å². The summed E-state index contributed by atoms with van der Waals surface area (Å²) in [6.45, 7) is 8.48. The Bertz CT molecular complexity index is 808. The van der Waals surface area contributed by atoms with Gasteiger partial charge in [-0.15, -0.1) is 0 Å². The molecule has 0 aliphatic rings.